The molecule has 0 aliphatic carbocycles. The number of rotatable bonds is 4. The molecular formula is C17H22N4O. The third-order valence-corrected chi connectivity index (χ3v) is 3.72. The predicted octanol–water partition coefficient (Wildman–Crippen LogP) is 2.47. The lowest BCUT2D eigenvalue weighted by Crippen LogP contribution is -2.23. The Morgan fingerprint density at radius 3 is 2.23 bits per heavy atom. The fraction of sp³-hybridized carbons (Fsp3) is 0.353. The molecule has 0 bridgehead atoms. The minimum Gasteiger partial charge on any atom is -0.343 e. The Bertz CT molecular complexity index is 650. The lowest BCUT2D eigenvalue weighted by atomic mass is 10.0. The summed E-state index contributed by atoms with van der Waals surface area (Å²) in [4.78, 5) is 24.2. The molecule has 2 rings (SSSR count). The minimum atomic E-state index is -0.146. The maximum absolute atomic E-state index is 12.0. The quantitative estimate of drug-likeness (QED) is 0.870. The van der Waals surface area contributed by atoms with Gasteiger partial charge in [-0.3, -0.25) is 9.78 Å². The molecule has 5 nitrogen and oxygen atoms in total. The van der Waals surface area contributed by atoms with Gasteiger partial charge in [0.2, 0.25) is 0 Å². The van der Waals surface area contributed by atoms with E-state index in [1.54, 1.807) is 20.3 Å². The molecule has 2 aromatic rings. The number of carbonyl (C=O) groups excluding carboxylic acids is 1. The Balaban J connectivity index is 2.29. The number of hydrogen-bond donors (Lipinski definition) is 0. The lowest BCUT2D eigenvalue weighted by Gasteiger charge is -2.20. The molecule has 0 spiro atoms. The summed E-state index contributed by atoms with van der Waals surface area (Å²) in [5.74, 6) is -0.146. The second-order valence-corrected chi connectivity index (χ2v) is 5.75. The topological polar surface area (TPSA) is 49.3 Å². The molecule has 1 heterocycles. The summed E-state index contributed by atoms with van der Waals surface area (Å²) in [7, 11) is 7.52. The standard InChI is InChI=1S/C17H22N4O/c1-12(20(2)3)13-6-8-14(9-7-13)15-10-18-11-16(19-15)17(22)21(4)5/h6-12H,1-5H3/t12-/m0/s1. The van der Waals surface area contributed by atoms with E-state index < -0.39 is 0 Å². The predicted molar refractivity (Wildman–Crippen MR) is 87.6 cm³/mol. The highest BCUT2D eigenvalue weighted by Gasteiger charge is 2.12. The Kier molecular flexibility index (Phi) is 4.88. The molecule has 0 aliphatic heterocycles. The van der Waals surface area contributed by atoms with Crippen LogP contribution in [0, 0.1) is 0 Å². The monoisotopic (exact) mass is 298 g/mol. The van der Waals surface area contributed by atoms with Gasteiger partial charge in [0.25, 0.3) is 5.91 Å². The van der Waals surface area contributed by atoms with Gasteiger partial charge in [0.15, 0.2) is 0 Å². The molecule has 0 saturated carbocycles. The zero-order valence-electron chi connectivity index (χ0n) is 13.7. The van der Waals surface area contributed by atoms with Crippen molar-refractivity contribution in [1.82, 2.24) is 19.8 Å². The third kappa shape index (κ3) is 3.49. The van der Waals surface area contributed by atoms with Crippen molar-refractivity contribution >= 4 is 5.91 Å². The van der Waals surface area contributed by atoms with E-state index in [2.05, 4.69) is 48.0 Å². The average molecular weight is 298 g/mol. The van der Waals surface area contributed by atoms with Crippen LogP contribution in [0.5, 0.6) is 0 Å². The van der Waals surface area contributed by atoms with E-state index in [9.17, 15) is 4.79 Å². The van der Waals surface area contributed by atoms with Crippen molar-refractivity contribution in [2.45, 2.75) is 13.0 Å². The van der Waals surface area contributed by atoms with Crippen molar-refractivity contribution in [1.29, 1.82) is 0 Å². The molecule has 0 fully saturated rings. The van der Waals surface area contributed by atoms with E-state index in [0.29, 0.717) is 17.4 Å². The van der Waals surface area contributed by atoms with Gasteiger partial charge >= 0.3 is 0 Å². The summed E-state index contributed by atoms with van der Waals surface area (Å²) in [6, 6.07) is 8.55. The number of hydrogen-bond acceptors (Lipinski definition) is 4. The fourth-order valence-corrected chi connectivity index (χ4v) is 2.07. The summed E-state index contributed by atoms with van der Waals surface area (Å²) in [5, 5.41) is 0. The van der Waals surface area contributed by atoms with Gasteiger partial charge in [-0.25, -0.2) is 4.98 Å². The first-order chi connectivity index (χ1) is 10.4. The summed E-state index contributed by atoms with van der Waals surface area (Å²) >= 11 is 0. The first-order valence-electron chi connectivity index (χ1n) is 7.20. The van der Waals surface area contributed by atoms with Gasteiger partial charge in [-0.1, -0.05) is 24.3 Å². The van der Waals surface area contributed by atoms with Crippen molar-refractivity contribution in [3.8, 4) is 11.3 Å². The molecule has 0 saturated heterocycles. The zero-order valence-corrected chi connectivity index (χ0v) is 13.7. The molecule has 1 aromatic carbocycles. The Labute approximate surface area is 131 Å². The Morgan fingerprint density at radius 1 is 1.05 bits per heavy atom. The molecule has 1 aromatic heterocycles. The van der Waals surface area contributed by atoms with Crippen LogP contribution in [-0.4, -0.2) is 53.9 Å². The molecule has 0 unspecified atom stereocenters. The number of benzene rings is 1. The Morgan fingerprint density at radius 2 is 1.68 bits per heavy atom. The minimum absolute atomic E-state index is 0.146. The van der Waals surface area contributed by atoms with Crippen molar-refractivity contribution in [3.63, 3.8) is 0 Å². The molecule has 1 atom stereocenters. The number of nitrogens with zero attached hydrogens (tertiary/aromatic N) is 4. The average Bonchev–Trinajstić information content (AvgIpc) is 2.53. The van der Waals surface area contributed by atoms with E-state index >= 15 is 0 Å². The van der Waals surface area contributed by atoms with Gasteiger partial charge in [-0.2, -0.15) is 0 Å². The fourth-order valence-electron chi connectivity index (χ4n) is 2.07. The lowest BCUT2D eigenvalue weighted by molar-refractivity contribution is 0.0821. The van der Waals surface area contributed by atoms with E-state index in [0.717, 1.165) is 5.56 Å². The van der Waals surface area contributed by atoms with Gasteiger partial charge in [0.05, 0.1) is 18.1 Å². The van der Waals surface area contributed by atoms with Gasteiger partial charge in [0, 0.05) is 25.7 Å². The highest BCUT2D eigenvalue weighted by atomic mass is 16.2. The number of aromatic nitrogens is 2. The van der Waals surface area contributed by atoms with Gasteiger partial charge in [-0.05, 0) is 26.6 Å². The number of carbonyl (C=O) groups is 1. The largest absolute Gasteiger partial charge is 0.343 e. The molecular weight excluding hydrogens is 276 g/mol. The SMILES string of the molecule is C[C@@H](c1ccc(-c2cncc(C(=O)N(C)C)n2)cc1)N(C)C. The Hall–Kier alpha value is -2.27. The summed E-state index contributed by atoms with van der Waals surface area (Å²) in [6.45, 7) is 2.16. The molecule has 0 N–H and O–H groups in total. The van der Waals surface area contributed by atoms with Crippen LogP contribution in [0.4, 0.5) is 0 Å². The van der Waals surface area contributed by atoms with Gasteiger partial charge < -0.3 is 9.80 Å². The van der Waals surface area contributed by atoms with Crippen molar-refractivity contribution in [3.05, 3.63) is 47.9 Å². The third-order valence-electron chi connectivity index (χ3n) is 3.72. The van der Waals surface area contributed by atoms with E-state index in [4.69, 9.17) is 0 Å². The molecule has 5 heteroatoms. The van der Waals surface area contributed by atoms with Crippen LogP contribution < -0.4 is 0 Å². The van der Waals surface area contributed by atoms with Crippen molar-refractivity contribution in [2.75, 3.05) is 28.2 Å². The smallest absolute Gasteiger partial charge is 0.273 e. The zero-order chi connectivity index (χ0) is 16.3. The molecule has 0 radical (unpaired) electrons. The van der Waals surface area contributed by atoms with E-state index in [1.165, 1.54) is 16.7 Å². The molecule has 116 valence electrons. The van der Waals surface area contributed by atoms with Gasteiger partial charge in [0.1, 0.15) is 5.69 Å². The van der Waals surface area contributed by atoms with Crippen LogP contribution in [0.2, 0.25) is 0 Å². The van der Waals surface area contributed by atoms with Crippen LogP contribution in [0.1, 0.15) is 29.0 Å². The maximum Gasteiger partial charge on any atom is 0.273 e. The normalized spacial score (nSPS) is 12.3. The molecule has 0 aliphatic rings. The molecule has 1 amide bonds. The maximum atomic E-state index is 12.0. The van der Waals surface area contributed by atoms with Crippen LogP contribution in [0.15, 0.2) is 36.7 Å². The van der Waals surface area contributed by atoms with E-state index in [-0.39, 0.29) is 5.91 Å². The van der Waals surface area contributed by atoms with Crippen LogP contribution in [0.25, 0.3) is 11.3 Å². The highest BCUT2D eigenvalue weighted by molar-refractivity contribution is 5.92. The van der Waals surface area contributed by atoms with E-state index in [1.807, 2.05) is 12.1 Å². The van der Waals surface area contributed by atoms with Crippen LogP contribution in [0.3, 0.4) is 0 Å². The second-order valence-electron chi connectivity index (χ2n) is 5.75. The second kappa shape index (κ2) is 6.66. The van der Waals surface area contributed by atoms with Gasteiger partial charge in [-0.15, -0.1) is 0 Å². The summed E-state index contributed by atoms with van der Waals surface area (Å²) < 4.78 is 0. The summed E-state index contributed by atoms with van der Waals surface area (Å²) in [5.41, 5.74) is 3.25. The molecule has 22 heavy (non-hydrogen) atoms. The van der Waals surface area contributed by atoms with Crippen molar-refractivity contribution in [2.24, 2.45) is 0 Å². The first-order valence-corrected chi connectivity index (χ1v) is 7.20. The van der Waals surface area contributed by atoms with Crippen molar-refractivity contribution < 1.29 is 4.79 Å². The van der Waals surface area contributed by atoms with Crippen LogP contribution >= 0.6 is 0 Å². The number of amides is 1. The highest BCUT2D eigenvalue weighted by Crippen LogP contribution is 2.22. The summed E-state index contributed by atoms with van der Waals surface area (Å²) in [6.07, 6.45) is 3.17. The first kappa shape index (κ1) is 16.1. The van der Waals surface area contributed by atoms with Crippen LogP contribution in [-0.2, 0) is 0 Å².